The molecule has 0 radical (unpaired) electrons. The Kier molecular flexibility index (Phi) is 6.67. The number of halogens is 1. The van der Waals surface area contributed by atoms with Crippen LogP contribution >= 0.6 is 11.6 Å². The number of carbonyl (C=O) groups is 1. The highest BCUT2D eigenvalue weighted by molar-refractivity contribution is 6.30. The average molecular weight is 437 g/mol. The van der Waals surface area contributed by atoms with Crippen molar-refractivity contribution in [1.82, 2.24) is 14.7 Å². The number of para-hydroxylation sites is 1. The molecule has 7 heteroatoms. The number of piperazine rings is 1. The third-order valence-electron chi connectivity index (χ3n) is 5.52. The van der Waals surface area contributed by atoms with Crippen molar-refractivity contribution in [2.45, 2.75) is 19.4 Å². The molecule has 0 unspecified atom stereocenters. The number of anilines is 1. The summed E-state index contributed by atoms with van der Waals surface area (Å²) in [5.74, 6) is 0.134. The molecule has 1 fully saturated rings. The highest BCUT2D eigenvalue weighted by atomic mass is 35.5. The third kappa shape index (κ3) is 5.33. The van der Waals surface area contributed by atoms with E-state index < -0.39 is 0 Å². The van der Waals surface area contributed by atoms with E-state index in [0.717, 1.165) is 31.7 Å². The summed E-state index contributed by atoms with van der Waals surface area (Å²) in [5, 5.41) is 5.11. The monoisotopic (exact) mass is 436 g/mol. The molecule has 0 spiro atoms. The molecule has 0 atom stereocenters. The zero-order valence-corrected chi connectivity index (χ0v) is 18.0. The molecule has 2 aromatic carbocycles. The van der Waals surface area contributed by atoms with E-state index in [1.807, 2.05) is 35.2 Å². The second-order valence-electron chi connectivity index (χ2n) is 7.59. The molecule has 1 amide bonds. The van der Waals surface area contributed by atoms with Gasteiger partial charge in [-0.2, -0.15) is 5.10 Å². The minimum Gasteiger partial charge on any atom is -0.368 e. The Labute approximate surface area is 186 Å². The lowest BCUT2D eigenvalue weighted by atomic mass is 10.1. The Morgan fingerprint density at radius 2 is 1.61 bits per heavy atom. The van der Waals surface area contributed by atoms with Crippen LogP contribution in [0, 0.1) is 0 Å². The van der Waals surface area contributed by atoms with Gasteiger partial charge in [-0.3, -0.25) is 9.59 Å². The molecule has 0 bridgehead atoms. The van der Waals surface area contributed by atoms with Gasteiger partial charge in [-0.25, -0.2) is 4.68 Å². The number of rotatable bonds is 6. The van der Waals surface area contributed by atoms with Gasteiger partial charge in [0.2, 0.25) is 5.91 Å². The van der Waals surface area contributed by atoms with Crippen molar-refractivity contribution in [2.24, 2.45) is 0 Å². The second-order valence-corrected chi connectivity index (χ2v) is 8.03. The first-order valence-corrected chi connectivity index (χ1v) is 10.9. The van der Waals surface area contributed by atoms with Crippen LogP contribution in [0.2, 0.25) is 5.02 Å². The topological polar surface area (TPSA) is 58.4 Å². The molecule has 0 aliphatic carbocycles. The van der Waals surface area contributed by atoms with Crippen LogP contribution in [0.15, 0.2) is 71.5 Å². The quantitative estimate of drug-likeness (QED) is 0.591. The van der Waals surface area contributed by atoms with Gasteiger partial charge in [-0.15, -0.1) is 0 Å². The number of aryl methyl sites for hydroxylation is 1. The molecule has 4 rings (SSSR count). The van der Waals surface area contributed by atoms with Crippen LogP contribution in [0.3, 0.4) is 0 Å². The van der Waals surface area contributed by atoms with Crippen molar-refractivity contribution >= 4 is 23.2 Å². The van der Waals surface area contributed by atoms with E-state index in [9.17, 15) is 9.59 Å². The zero-order chi connectivity index (χ0) is 21.6. The maximum absolute atomic E-state index is 12.6. The fourth-order valence-electron chi connectivity index (χ4n) is 3.77. The summed E-state index contributed by atoms with van der Waals surface area (Å²) in [5.41, 5.74) is 2.63. The minimum atomic E-state index is -0.165. The highest BCUT2D eigenvalue weighted by Crippen LogP contribution is 2.19. The Balaban J connectivity index is 1.29. The first-order chi connectivity index (χ1) is 15.1. The number of hydrogen-bond donors (Lipinski definition) is 0. The molecule has 6 nitrogen and oxygen atoms in total. The molecule has 1 saturated heterocycles. The molecule has 0 saturated carbocycles. The minimum absolute atomic E-state index is 0.134. The molecule has 3 aromatic rings. The van der Waals surface area contributed by atoms with Crippen molar-refractivity contribution in [3.05, 3.63) is 82.1 Å². The Morgan fingerprint density at radius 1 is 0.903 bits per heavy atom. The Bertz CT molecular complexity index is 1070. The number of amides is 1. The van der Waals surface area contributed by atoms with Crippen LogP contribution < -0.4 is 10.5 Å². The van der Waals surface area contributed by atoms with Crippen LogP contribution in [-0.2, 0) is 11.3 Å². The predicted octanol–water partition coefficient (Wildman–Crippen LogP) is 3.69. The van der Waals surface area contributed by atoms with Crippen molar-refractivity contribution in [3.63, 3.8) is 0 Å². The Morgan fingerprint density at radius 3 is 2.32 bits per heavy atom. The number of carbonyl (C=O) groups excluding carboxylic acids is 1. The lowest BCUT2D eigenvalue weighted by molar-refractivity contribution is -0.131. The molecule has 31 heavy (non-hydrogen) atoms. The van der Waals surface area contributed by atoms with E-state index >= 15 is 0 Å². The van der Waals surface area contributed by atoms with Gasteiger partial charge in [0, 0.05) is 61.5 Å². The van der Waals surface area contributed by atoms with Crippen LogP contribution in [-0.4, -0.2) is 46.8 Å². The van der Waals surface area contributed by atoms with Gasteiger partial charge in [0.1, 0.15) is 0 Å². The fourth-order valence-corrected chi connectivity index (χ4v) is 3.90. The van der Waals surface area contributed by atoms with Crippen molar-refractivity contribution < 1.29 is 4.79 Å². The molecule has 1 aliphatic rings. The molecular formula is C24H25ClN4O2. The van der Waals surface area contributed by atoms with Crippen molar-refractivity contribution in [3.8, 4) is 11.3 Å². The maximum Gasteiger partial charge on any atom is 0.266 e. The van der Waals surface area contributed by atoms with E-state index in [0.29, 0.717) is 30.1 Å². The summed E-state index contributed by atoms with van der Waals surface area (Å²) >= 11 is 5.94. The fraction of sp³-hybridized carbons (Fsp3) is 0.292. The summed E-state index contributed by atoms with van der Waals surface area (Å²) in [7, 11) is 0. The SMILES string of the molecule is O=C(CCCn1nc(-c2ccc(Cl)cc2)ccc1=O)N1CCN(c2ccccc2)CC1. The molecule has 2 heterocycles. The molecule has 160 valence electrons. The van der Waals surface area contributed by atoms with Crippen LogP contribution in [0.4, 0.5) is 5.69 Å². The first-order valence-electron chi connectivity index (χ1n) is 10.5. The number of benzene rings is 2. The number of hydrogen-bond acceptors (Lipinski definition) is 4. The van der Waals surface area contributed by atoms with Crippen molar-refractivity contribution in [2.75, 3.05) is 31.1 Å². The van der Waals surface area contributed by atoms with Crippen LogP contribution in [0.5, 0.6) is 0 Å². The third-order valence-corrected chi connectivity index (χ3v) is 5.77. The van der Waals surface area contributed by atoms with Gasteiger partial charge in [-0.1, -0.05) is 41.9 Å². The first kappa shape index (κ1) is 21.1. The lowest BCUT2D eigenvalue weighted by Crippen LogP contribution is -2.48. The van der Waals surface area contributed by atoms with Gasteiger partial charge in [-0.05, 0) is 36.8 Å². The maximum atomic E-state index is 12.6. The molecule has 1 aromatic heterocycles. The summed E-state index contributed by atoms with van der Waals surface area (Å²) in [6.07, 6.45) is 0.985. The van der Waals surface area contributed by atoms with Gasteiger partial charge in [0.25, 0.3) is 5.56 Å². The Hall–Kier alpha value is -3.12. The van der Waals surface area contributed by atoms with Crippen molar-refractivity contribution in [1.29, 1.82) is 0 Å². The van der Waals surface area contributed by atoms with Gasteiger partial charge < -0.3 is 9.80 Å². The average Bonchev–Trinajstić information content (AvgIpc) is 2.81. The largest absolute Gasteiger partial charge is 0.368 e. The number of aromatic nitrogens is 2. The standard InChI is InChI=1S/C24H25ClN4O2/c25-20-10-8-19(9-11-20)22-12-13-24(31)29(26-22)14-4-7-23(30)28-17-15-27(16-18-28)21-5-2-1-3-6-21/h1-3,5-6,8-13H,4,7,14-18H2. The van der Waals surface area contributed by atoms with Gasteiger partial charge in [0.15, 0.2) is 0 Å². The summed E-state index contributed by atoms with van der Waals surface area (Å²) in [4.78, 5) is 29.0. The van der Waals surface area contributed by atoms with Crippen LogP contribution in [0.1, 0.15) is 12.8 Å². The normalized spacial score (nSPS) is 14.0. The lowest BCUT2D eigenvalue weighted by Gasteiger charge is -2.36. The predicted molar refractivity (Wildman–Crippen MR) is 123 cm³/mol. The van der Waals surface area contributed by atoms with Gasteiger partial charge >= 0.3 is 0 Å². The number of nitrogens with zero attached hydrogens (tertiary/aromatic N) is 4. The molecular weight excluding hydrogens is 412 g/mol. The smallest absolute Gasteiger partial charge is 0.266 e. The van der Waals surface area contributed by atoms with Crippen LogP contribution in [0.25, 0.3) is 11.3 Å². The van der Waals surface area contributed by atoms with E-state index in [4.69, 9.17) is 11.6 Å². The van der Waals surface area contributed by atoms with E-state index in [1.165, 1.54) is 16.4 Å². The van der Waals surface area contributed by atoms with E-state index in [1.54, 1.807) is 18.2 Å². The van der Waals surface area contributed by atoms with E-state index in [-0.39, 0.29) is 11.5 Å². The summed E-state index contributed by atoms with van der Waals surface area (Å²) < 4.78 is 1.44. The molecule has 0 N–H and O–H groups in total. The van der Waals surface area contributed by atoms with E-state index in [2.05, 4.69) is 22.1 Å². The zero-order valence-electron chi connectivity index (χ0n) is 17.3. The second kappa shape index (κ2) is 9.79. The highest BCUT2D eigenvalue weighted by Gasteiger charge is 2.20. The summed E-state index contributed by atoms with van der Waals surface area (Å²) in [6.45, 7) is 3.52. The summed E-state index contributed by atoms with van der Waals surface area (Å²) in [6, 6.07) is 20.8. The van der Waals surface area contributed by atoms with Gasteiger partial charge in [0.05, 0.1) is 5.69 Å². The molecule has 1 aliphatic heterocycles.